The number of carbonyl (C=O) groups excluding carboxylic acids is 1. The molecule has 2 aromatic carbocycles. The molecule has 2 aromatic rings. The molecule has 0 amide bonds. The van der Waals surface area contributed by atoms with Gasteiger partial charge in [-0.05, 0) is 24.3 Å². The first-order valence-electron chi connectivity index (χ1n) is 8.43. The lowest BCUT2D eigenvalue weighted by atomic mass is 9.99. The van der Waals surface area contributed by atoms with Gasteiger partial charge in [-0.25, -0.2) is 9.59 Å². The largest absolute Gasteiger partial charge is 0.479 e. The Bertz CT molecular complexity index is 843. The smallest absolute Gasteiger partial charge is 0.342 e. The summed E-state index contributed by atoms with van der Waals surface area (Å²) in [6.45, 7) is 0. The third-order valence-corrected chi connectivity index (χ3v) is 4.24. The number of aliphatic hydroxyl groups is 3. The molecule has 1 aliphatic heterocycles. The van der Waals surface area contributed by atoms with Crippen LogP contribution in [0.25, 0.3) is 0 Å². The van der Waals surface area contributed by atoms with Crippen molar-refractivity contribution in [2.24, 2.45) is 0 Å². The van der Waals surface area contributed by atoms with E-state index < -0.39 is 42.6 Å². The summed E-state index contributed by atoms with van der Waals surface area (Å²) in [7, 11) is 0. The Kier molecular flexibility index (Phi) is 5.90. The SMILES string of the molecule is O=C(O[C@@H]1O[C@H](C(=O)O)[C@@H](O)[C@H](O)[C@H]1O)c1ccccc1Nc1ccccc1. The summed E-state index contributed by atoms with van der Waals surface area (Å²) in [5, 5.41) is 41.6. The zero-order chi connectivity index (χ0) is 20.3. The second kappa shape index (κ2) is 8.36. The summed E-state index contributed by atoms with van der Waals surface area (Å²) in [5.74, 6) is -2.47. The predicted octanol–water partition coefficient (Wildman–Crippen LogP) is 0.479. The molecule has 0 bridgehead atoms. The lowest BCUT2D eigenvalue weighted by Gasteiger charge is -2.38. The van der Waals surface area contributed by atoms with Crippen LogP contribution in [-0.4, -0.2) is 63.1 Å². The van der Waals surface area contributed by atoms with Crippen molar-refractivity contribution in [3.63, 3.8) is 0 Å². The molecule has 1 aliphatic rings. The van der Waals surface area contributed by atoms with E-state index in [4.69, 9.17) is 14.6 Å². The van der Waals surface area contributed by atoms with Gasteiger partial charge in [0, 0.05) is 5.69 Å². The zero-order valence-electron chi connectivity index (χ0n) is 14.5. The molecule has 5 atom stereocenters. The summed E-state index contributed by atoms with van der Waals surface area (Å²) >= 11 is 0. The van der Waals surface area contributed by atoms with Crippen molar-refractivity contribution < 1.29 is 39.5 Å². The lowest BCUT2D eigenvalue weighted by molar-refractivity contribution is -0.278. The number of carbonyl (C=O) groups is 2. The van der Waals surface area contributed by atoms with E-state index in [1.54, 1.807) is 30.3 Å². The number of benzene rings is 2. The number of rotatable bonds is 5. The van der Waals surface area contributed by atoms with E-state index in [0.717, 1.165) is 5.69 Å². The Balaban J connectivity index is 1.78. The fourth-order valence-corrected chi connectivity index (χ4v) is 2.77. The summed E-state index contributed by atoms with van der Waals surface area (Å²) in [4.78, 5) is 23.7. The van der Waals surface area contributed by atoms with Crippen LogP contribution >= 0.6 is 0 Å². The highest BCUT2D eigenvalue weighted by atomic mass is 16.7. The monoisotopic (exact) mass is 389 g/mol. The van der Waals surface area contributed by atoms with Crippen molar-refractivity contribution in [2.45, 2.75) is 30.7 Å². The number of esters is 1. The van der Waals surface area contributed by atoms with Gasteiger partial charge in [0.1, 0.15) is 18.3 Å². The van der Waals surface area contributed by atoms with E-state index in [0.29, 0.717) is 5.69 Å². The van der Waals surface area contributed by atoms with Gasteiger partial charge in [0.2, 0.25) is 6.29 Å². The van der Waals surface area contributed by atoms with Gasteiger partial charge in [0.25, 0.3) is 0 Å². The van der Waals surface area contributed by atoms with Gasteiger partial charge in [-0.3, -0.25) is 0 Å². The third-order valence-electron chi connectivity index (χ3n) is 4.24. The van der Waals surface area contributed by atoms with Crippen LogP contribution in [0.15, 0.2) is 54.6 Å². The minimum absolute atomic E-state index is 0.106. The molecule has 1 saturated heterocycles. The Labute approximate surface area is 159 Å². The molecule has 0 saturated carbocycles. The van der Waals surface area contributed by atoms with Gasteiger partial charge < -0.3 is 35.2 Å². The first-order chi connectivity index (χ1) is 13.4. The van der Waals surface area contributed by atoms with E-state index in [2.05, 4.69) is 5.32 Å². The van der Waals surface area contributed by atoms with E-state index in [1.165, 1.54) is 6.07 Å². The zero-order valence-corrected chi connectivity index (χ0v) is 14.5. The molecule has 9 heteroatoms. The highest BCUT2D eigenvalue weighted by Gasteiger charge is 2.48. The minimum atomic E-state index is -1.87. The maximum absolute atomic E-state index is 12.6. The number of anilines is 2. The summed E-state index contributed by atoms with van der Waals surface area (Å²) < 4.78 is 10.1. The molecule has 5 N–H and O–H groups in total. The van der Waals surface area contributed by atoms with Crippen LogP contribution in [0.3, 0.4) is 0 Å². The van der Waals surface area contributed by atoms with Crippen molar-refractivity contribution in [1.82, 2.24) is 0 Å². The maximum atomic E-state index is 12.6. The van der Waals surface area contributed by atoms with Gasteiger partial charge in [0.15, 0.2) is 6.10 Å². The van der Waals surface area contributed by atoms with Crippen LogP contribution in [0.1, 0.15) is 10.4 Å². The molecule has 3 rings (SSSR count). The molecule has 1 fully saturated rings. The number of hydrogen-bond donors (Lipinski definition) is 5. The Morgan fingerprint density at radius 2 is 1.54 bits per heavy atom. The van der Waals surface area contributed by atoms with Crippen molar-refractivity contribution in [3.8, 4) is 0 Å². The molecule has 0 radical (unpaired) electrons. The molecule has 1 heterocycles. The number of para-hydroxylation sites is 2. The molecule has 9 nitrogen and oxygen atoms in total. The van der Waals surface area contributed by atoms with Crippen molar-refractivity contribution in [1.29, 1.82) is 0 Å². The van der Waals surface area contributed by atoms with Crippen LogP contribution in [0.5, 0.6) is 0 Å². The maximum Gasteiger partial charge on any atom is 0.342 e. The van der Waals surface area contributed by atoms with Crippen LogP contribution in [0.4, 0.5) is 11.4 Å². The number of carboxylic acid groups (broad SMARTS) is 1. The Morgan fingerprint density at radius 3 is 2.21 bits per heavy atom. The van der Waals surface area contributed by atoms with E-state index >= 15 is 0 Å². The van der Waals surface area contributed by atoms with E-state index in [9.17, 15) is 24.9 Å². The number of hydrogen-bond acceptors (Lipinski definition) is 8. The topological polar surface area (TPSA) is 146 Å². The molecule has 0 spiro atoms. The summed E-state index contributed by atoms with van der Waals surface area (Å²) in [6, 6.07) is 15.5. The van der Waals surface area contributed by atoms with Crippen molar-refractivity contribution >= 4 is 23.3 Å². The average Bonchev–Trinajstić information content (AvgIpc) is 2.69. The number of ether oxygens (including phenoxy) is 2. The summed E-state index contributed by atoms with van der Waals surface area (Å²) in [5.41, 5.74) is 1.25. The van der Waals surface area contributed by atoms with Gasteiger partial charge in [-0.2, -0.15) is 0 Å². The average molecular weight is 389 g/mol. The highest BCUT2D eigenvalue weighted by molar-refractivity contribution is 5.96. The second-order valence-electron chi connectivity index (χ2n) is 6.18. The van der Waals surface area contributed by atoms with Gasteiger partial charge in [-0.15, -0.1) is 0 Å². The minimum Gasteiger partial charge on any atom is -0.479 e. The lowest BCUT2D eigenvalue weighted by Crippen LogP contribution is -2.60. The first kappa shape index (κ1) is 19.8. The molecule has 28 heavy (non-hydrogen) atoms. The Morgan fingerprint density at radius 1 is 0.893 bits per heavy atom. The molecule has 0 unspecified atom stereocenters. The van der Waals surface area contributed by atoms with Gasteiger partial charge in [0.05, 0.1) is 11.3 Å². The fourth-order valence-electron chi connectivity index (χ4n) is 2.77. The second-order valence-corrected chi connectivity index (χ2v) is 6.18. The third kappa shape index (κ3) is 4.12. The first-order valence-corrected chi connectivity index (χ1v) is 8.43. The van der Waals surface area contributed by atoms with Crippen molar-refractivity contribution in [3.05, 3.63) is 60.2 Å². The van der Waals surface area contributed by atoms with Crippen LogP contribution in [-0.2, 0) is 14.3 Å². The molecule has 148 valence electrons. The van der Waals surface area contributed by atoms with Crippen LogP contribution < -0.4 is 5.32 Å². The van der Waals surface area contributed by atoms with Crippen molar-refractivity contribution in [2.75, 3.05) is 5.32 Å². The molecule has 0 aromatic heterocycles. The number of carboxylic acids is 1. The standard InChI is InChI=1S/C19H19NO8/c21-13-14(22)16(17(24)25)27-19(15(13)23)28-18(26)11-8-4-5-9-12(11)20-10-6-2-1-3-7-10/h1-9,13-16,19-23H,(H,24,25)/t13-,14-,15+,16-,19-/m0/s1. The molecule has 0 aliphatic carbocycles. The number of aliphatic carboxylic acids is 1. The normalized spacial score (nSPS) is 27.0. The Hall–Kier alpha value is -2.98. The van der Waals surface area contributed by atoms with Crippen LogP contribution in [0.2, 0.25) is 0 Å². The molecular formula is C19H19NO8. The summed E-state index contributed by atoms with van der Waals surface area (Å²) in [6.07, 6.45) is -9.16. The van der Waals surface area contributed by atoms with E-state index in [1.807, 2.05) is 18.2 Å². The van der Waals surface area contributed by atoms with E-state index in [-0.39, 0.29) is 5.56 Å². The quantitative estimate of drug-likeness (QED) is 0.461. The van der Waals surface area contributed by atoms with Gasteiger partial charge >= 0.3 is 11.9 Å². The predicted molar refractivity (Wildman–Crippen MR) is 95.9 cm³/mol. The highest BCUT2D eigenvalue weighted by Crippen LogP contribution is 2.26. The van der Waals surface area contributed by atoms with Crippen LogP contribution in [0, 0.1) is 0 Å². The fraction of sp³-hybridized carbons (Fsp3) is 0.263. The molecular weight excluding hydrogens is 370 g/mol. The van der Waals surface area contributed by atoms with Gasteiger partial charge in [-0.1, -0.05) is 30.3 Å². The number of aliphatic hydroxyl groups excluding tert-OH is 3. The number of nitrogens with one attached hydrogen (secondary N) is 1.